The number of nitrogen functional groups attached to an aromatic ring is 1. The van der Waals surface area contributed by atoms with Crippen molar-refractivity contribution in [3.8, 4) is 0 Å². The van der Waals surface area contributed by atoms with Gasteiger partial charge in [0, 0.05) is 25.4 Å². The summed E-state index contributed by atoms with van der Waals surface area (Å²) in [4.78, 5) is 6.25. The molecule has 0 aliphatic heterocycles. The Bertz CT molecular complexity index is 302. The lowest BCUT2D eigenvalue weighted by molar-refractivity contribution is 0.288. The van der Waals surface area contributed by atoms with Crippen LogP contribution in [0.3, 0.4) is 0 Å². The van der Waals surface area contributed by atoms with Gasteiger partial charge in [-0.2, -0.15) is 0 Å². The molecule has 0 aliphatic carbocycles. The van der Waals surface area contributed by atoms with E-state index >= 15 is 0 Å². The molecular weight excluding hydrogens is 190 g/mol. The van der Waals surface area contributed by atoms with E-state index in [-0.39, 0.29) is 6.61 Å². The van der Waals surface area contributed by atoms with Crippen molar-refractivity contribution in [2.75, 3.05) is 23.8 Å². The number of aliphatic hydroxyl groups excluding tert-OH is 1. The van der Waals surface area contributed by atoms with Gasteiger partial charge in [-0.3, -0.25) is 4.98 Å². The van der Waals surface area contributed by atoms with Crippen LogP contribution >= 0.6 is 0 Å². The van der Waals surface area contributed by atoms with Crippen LogP contribution in [0.1, 0.15) is 20.3 Å². The molecular formula is C11H19N3O. The number of aromatic nitrogens is 1. The van der Waals surface area contributed by atoms with Crippen LogP contribution in [0.15, 0.2) is 18.5 Å². The maximum Gasteiger partial charge on any atom is 0.0575 e. The molecule has 84 valence electrons. The Labute approximate surface area is 90.7 Å². The van der Waals surface area contributed by atoms with Gasteiger partial charge in [0.1, 0.15) is 0 Å². The summed E-state index contributed by atoms with van der Waals surface area (Å²) in [5.41, 5.74) is 7.37. The van der Waals surface area contributed by atoms with E-state index in [1.165, 1.54) is 0 Å². The molecule has 0 radical (unpaired) electrons. The highest BCUT2D eigenvalue weighted by Crippen LogP contribution is 2.18. The van der Waals surface area contributed by atoms with E-state index < -0.39 is 0 Å². The molecule has 0 saturated carbocycles. The first-order chi connectivity index (χ1) is 7.15. The van der Waals surface area contributed by atoms with Crippen molar-refractivity contribution >= 4 is 11.4 Å². The molecule has 0 aliphatic rings. The summed E-state index contributed by atoms with van der Waals surface area (Å²) in [6.07, 6.45) is 4.19. The van der Waals surface area contributed by atoms with Crippen molar-refractivity contribution in [2.45, 2.75) is 26.3 Å². The van der Waals surface area contributed by atoms with Gasteiger partial charge in [0.25, 0.3) is 0 Å². The fourth-order valence-electron chi connectivity index (χ4n) is 1.53. The smallest absolute Gasteiger partial charge is 0.0575 e. The van der Waals surface area contributed by atoms with Gasteiger partial charge in [-0.1, -0.05) is 0 Å². The van der Waals surface area contributed by atoms with Crippen LogP contribution in [-0.2, 0) is 0 Å². The van der Waals surface area contributed by atoms with Gasteiger partial charge >= 0.3 is 0 Å². The summed E-state index contributed by atoms with van der Waals surface area (Å²) in [7, 11) is 0. The number of hydrogen-bond acceptors (Lipinski definition) is 4. The summed E-state index contributed by atoms with van der Waals surface area (Å²) in [6, 6.07) is 2.28. The number of pyridine rings is 1. The van der Waals surface area contributed by atoms with Crippen molar-refractivity contribution in [1.82, 2.24) is 4.98 Å². The third-order valence-electron chi connectivity index (χ3n) is 2.26. The van der Waals surface area contributed by atoms with Crippen LogP contribution in [0.25, 0.3) is 0 Å². The first-order valence-electron chi connectivity index (χ1n) is 5.23. The minimum atomic E-state index is 0.207. The molecule has 0 bridgehead atoms. The summed E-state index contributed by atoms with van der Waals surface area (Å²) in [5.74, 6) is 0. The summed E-state index contributed by atoms with van der Waals surface area (Å²) in [6.45, 7) is 5.25. The second kappa shape index (κ2) is 5.56. The Kier molecular flexibility index (Phi) is 4.37. The van der Waals surface area contributed by atoms with Crippen LogP contribution in [0.5, 0.6) is 0 Å². The zero-order valence-electron chi connectivity index (χ0n) is 9.35. The molecule has 1 aromatic heterocycles. The van der Waals surface area contributed by atoms with E-state index in [9.17, 15) is 0 Å². The van der Waals surface area contributed by atoms with Gasteiger partial charge in [-0.05, 0) is 26.3 Å². The van der Waals surface area contributed by atoms with Crippen molar-refractivity contribution < 1.29 is 5.11 Å². The molecule has 1 heterocycles. The topological polar surface area (TPSA) is 62.4 Å². The molecule has 15 heavy (non-hydrogen) atoms. The average molecular weight is 209 g/mol. The van der Waals surface area contributed by atoms with Gasteiger partial charge in [-0.15, -0.1) is 0 Å². The van der Waals surface area contributed by atoms with Crippen molar-refractivity contribution in [3.63, 3.8) is 0 Å². The molecule has 0 aromatic carbocycles. The van der Waals surface area contributed by atoms with Crippen LogP contribution in [-0.4, -0.2) is 29.3 Å². The van der Waals surface area contributed by atoms with Crippen molar-refractivity contribution in [2.24, 2.45) is 0 Å². The minimum absolute atomic E-state index is 0.207. The summed E-state index contributed by atoms with van der Waals surface area (Å²) >= 11 is 0. The van der Waals surface area contributed by atoms with Crippen LogP contribution in [0.4, 0.5) is 11.4 Å². The fraction of sp³-hybridized carbons (Fsp3) is 0.545. The fourth-order valence-corrected chi connectivity index (χ4v) is 1.53. The lowest BCUT2D eigenvalue weighted by Crippen LogP contribution is -2.32. The van der Waals surface area contributed by atoms with E-state index in [0.717, 1.165) is 18.7 Å². The first kappa shape index (κ1) is 11.8. The molecule has 0 amide bonds. The quantitative estimate of drug-likeness (QED) is 0.766. The number of nitrogens with two attached hydrogens (primary N) is 1. The highest BCUT2D eigenvalue weighted by Gasteiger charge is 2.10. The van der Waals surface area contributed by atoms with Crippen molar-refractivity contribution in [3.05, 3.63) is 18.5 Å². The van der Waals surface area contributed by atoms with E-state index in [1.807, 2.05) is 6.07 Å². The SMILES string of the molecule is CC(C)N(CCCO)c1cncc(N)c1. The molecule has 4 nitrogen and oxygen atoms in total. The predicted octanol–water partition coefficient (Wildman–Crippen LogP) is 1.26. The Hall–Kier alpha value is -1.29. The number of aliphatic hydroxyl groups is 1. The molecule has 0 atom stereocenters. The lowest BCUT2D eigenvalue weighted by Gasteiger charge is -2.28. The largest absolute Gasteiger partial charge is 0.397 e. The lowest BCUT2D eigenvalue weighted by atomic mass is 10.2. The molecule has 0 unspecified atom stereocenters. The Morgan fingerprint density at radius 3 is 2.73 bits per heavy atom. The molecule has 1 rings (SSSR count). The summed E-state index contributed by atoms with van der Waals surface area (Å²) in [5, 5.41) is 8.83. The minimum Gasteiger partial charge on any atom is -0.397 e. The van der Waals surface area contributed by atoms with Crippen molar-refractivity contribution in [1.29, 1.82) is 0 Å². The highest BCUT2D eigenvalue weighted by molar-refractivity contribution is 5.53. The summed E-state index contributed by atoms with van der Waals surface area (Å²) < 4.78 is 0. The predicted molar refractivity (Wildman–Crippen MR) is 62.8 cm³/mol. The Balaban J connectivity index is 2.79. The molecule has 0 spiro atoms. The van der Waals surface area contributed by atoms with Gasteiger partial charge < -0.3 is 15.7 Å². The van der Waals surface area contributed by atoms with Gasteiger partial charge in [0.15, 0.2) is 0 Å². The van der Waals surface area contributed by atoms with E-state index in [0.29, 0.717) is 11.7 Å². The molecule has 1 aromatic rings. The average Bonchev–Trinajstić information content (AvgIpc) is 2.18. The normalized spacial score (nSPS) is 10.7. The standard InChI is InChI=1S/C11H19N3O/c1-9(2)14(4-3-5-15)11-6-10(12)7-13-8-11/h6-9,15H,3-5,12H2,1-2H3. The number of rotatable bonds is 5. The molecule has 3 N–H and O–H groups in total. The highest BCUT2D eigenvalue weighted by atomic mass is 16.3. The number of nitrogens with zero attached hydrogens (tertiary/aromatic N) is 2. The van der Waals surface area contributed by atoms with Gasteiger partial charge in [0.2, 0.25) is 0 Å². The number of hydrogen-bond donors (Lipinski definition) is 2. The Morgan fingerprint density at radius 2 is 2.20 bits per heavy atom. The monoisotopic (exact) mass is 209 g/mol. The second-order valence-electron chi connectivity index (χ2n) is 3.84. The van der Waals surface area contributed by atoms with E-state index in [2.05, 4.69) is 23.7 Å². The zero-order chi connectivity index (χ0) is 11.3. The van der Waals surface area contributed by atoms with Crippen LogP contribution < -0.4 is 10.6 Å². The third kappa shape index (κ3) is 3.40. The van der Waals surface area contributed by atoms with Gasteiger partial charge in [-0.25, -0.2) is 0 Å². The molecule has 4 heteroatoms. The molecule has 0 fully saturated rings. The van der Waals surface area contributed by atoms with E-state index in [4.69, 9.17) is 10.8 Å². The Morgan fingerprint density at radius 1 is 1.47 bits per heavy atom. The third-order valence-corrected chi connectivity index (χ3v) is 2.26. The first-order valence-corrected chi connectivity index (χ1v) is 5.23. The zero-order valence-corrected chi connectivity index (χ0v) is 9.35. The van der Waals surface area contributed by atoms with Crippen LogP contribution in [0, 0.1) is 0 Å². The van der Waals surface area contributed by atoms with Gasteiger partial charge in [0.05, 0.1) is 17.6 Å². The maximum absolute atomic E-state index is 8.83. The second-order valence-corrected chi connectivity index (χ2v) is 3.84. The van der Waals surface area contributed by atoms with E-state index in [1.54, 1.807) is 12.4 Å². The number of anilines is 2. The molecule has 0 saturated heterocycles. The van der Waals surface area contributed by atoms with Crippen LogP contribution in [0.2, 0.25) is 0 Å². The maximum atomic E-state index is 8.83.